The van der Waals surface area contributed by atoms with Crippen molar-refractivity contribution in [3.05, 3.63) is 22.4 Å². The molecule has 0 spiro atoms. The van der Waals surface area contributed by atoms with Gasteiger partial charge in [-0.15, -0.1) is 0 Å². The number of hydrogen-bond acceptors (Lipinski definition) is 3. The lowest BCUT2D eigenvalue weighted by molar-refractivity contribution is 0.590. The summed E-state index contributed by atoms with van der Waals surface area (Å²) >= 11 is 0. The van der Waals surface area contributed by atoms with Crippen LogP contribution in [0.3, 0.4) is 0 Å². The van der Waals surface area contributed by atoms with E-state index in [9.17, 15) is 4.79 Å². The predicted octanol–water partition coefficient (Wildman–Crippen LogP) is 1.24. The van der Waals surface area contributed by atoms with Crippen LogP contribution in [0.4, 0.5) is 0 Å². The smallest absolute Gasteiger partial charge is 0.264 e. The SMILES string of the molecule is CCCCn1c(C)nc2c(cnn2C)c1=O. The standard InChI is InChI=1S/C11H16N4O/c1-4-5-6-15-8(2)13-10-9(11(15)16)7-12-14(10)3/h7H,4-6H2,1-3H3. The zero-order valence-electron chi connectivity index (χ0n) is 9.90. The van der Waals surface area contributed by atoms with Crippen LogP contribution in [0.25, 0.3) is 11.0 Å². The molecular weight excluding hydrogens is 204 g/mol. The highest BCUT2D eigenvalue weighted by Gasteiger charge is 2.10. The van der Waals surface area contributed by atoms with Crippen molar-refractivity contribution < 1.29 is 0 Å². The normalized spacial score (nSPS) is 11.2. The van der Waals surface area contributed by atoms with Crippen molar-refractivity contribution in [3.63, 3.8) is 0 Å². The van der Waals surface area contributed by atoms with Gasteiger partial charge in [0.2, 0.25) is 0 Å². The van der Waals surface area contributed by atoms with Crippen molar-refractivity contribution in [2.75, 3.05) is 0 Å². The van der Waals surface area contributed by atoms with Gasteiger partial charge in [-0.2, -0.15) is 5.10 Å². The van der Waals surface area contributed by atoms with E-state index < -0.39 is 0 Å². The molecule has 86 valence electrons. The summed E-state index contributed by atoms with van der Waals surface area (Å²) in [5, 5.41) is 4.66. The molecule has 0 aliphatic carbocycles. The Kier molecular flexibility index (Phi) is 2.77. The molecule has 0 aliphatic heterocycles. The van der Waals surface area contributed by atoms with Gasteiger partial charge < -0.3 is 0 Å². The van der Waals surface area contributed by atoms with Gasteiger partial charge in [0.25, 0.3) is 5.56 Å². The van der Waals surface area contributed by atoms with E-state index in [0.29, 0.717) is 11.0 Å². The Bertz CT molecular complexity index is 567. The molecule has 0 fully saturated rings. The molecule has 0 aliphatic rings. The minimum absolute atomic E-state index is 0.0176. The molecule has 0 saturated heterocycles. The highest BCUT2D eigenvalue weighted by molar-refractivity contribution is 5.73. The number of aryl methyl sites for hydroxylation is 2. The number of fused-ring (bicyclic) bond motifs is 1. The third kappa shape index (κ3) is 1.62. The van der Waals surface area contributed by atoms with E-state index in [4.69, 9.17) is 0 Å². The summed E-state index contributed by atoms with van der Waals surface area (Å²) in [5.41, 5.74) is 0.680. The third-order valence-electron chi connectivity index (χ3n) is 2.78. The molecule has 0 saturated carbocycles. The monoisotopic (exact) mass is 220 g/mol. The second-order valence-electron chi connectivity index (χ2n) is 3.97. The molecule has 0 N–H and O–H groups in total. The van der Waals surface area contributed by atoms with Crippen LogP contribution in [0.1, 0.15) is 25.6 Å². The molecule has 16 heavy (non-hydrogen) atoms. The number of hydrogen-bond donors (Lipinski definition) is 0. The van der Waals surface area contributed by atoms with Gasteiger partial charge in [0.05, 0.1) is 6.20 Å². The van der Waals surface area contributed by atoms with Crippen molar-refractivity contribution in [1.82, 2.24) is 19.3 Å². The molecular formula is C11H16N4O. The van der Waals surface area contributed by atoms with Gasteiger partial charge in [-0.25, -0.2) is 4.98 Å². The molecule has 2 rings (SSSR count). The second kappa shape index (κ2) is 4.08. The van der Waals surface area contributed by atoms with Crippen LogP contribution in [-0.4, -0.2) is 19.3 Å². The van der Waals surface area contributed by atoms with Gasteiger partial charge in [-0.3, -0.25) is 14.0 Å². The number of unbranched alkanes of at least 4 members (excludes halogenated alkanes) is 1. The molecule has 2 aromatic heterocycles. The molecule has 2 aromatic rings. The van der Waals surface area contributed by atoms with Crippen LogP contribution < -0.4 is 5.56 Å². The average Bonchev–Trinajstić information content (AvgIpc) is 2.61. The van der Waals surface area contributed by atoms with Gasteiger partial charge in [-0.05, 0) is 13.3 Å². The second-order valence-corrected chi connectivity index (χ2v) is 3.97. The summed E-state index contributed by atoms with van der Waals surface area (Å²) in [7, 11) is 1.80. The summed E-state index contributed by atoms with van der Waals surface area (Å²) in [6.07, 6.45) is 3.65. The van der Waals surface area contributed by atoms with Crippen molar-refractivity contribution in [3.8, 4) is 0 Å². The molecule has 0 aromatic carbocycles. The molecule has 0 amide bonds. The fourth-order valence-electron chi connectivity index (χ4n) is 1.80. The van der Waals surface area contributed by atoms with Crippen LogP contribution in [0.15, 0.2) is 11.0 Å². The predicted molar refractivity (Wildman–Crippen MR) is 62.4 cm³/mol. The van der Waals surface area contributed by atoms with E-state index in [0.717, 1.165) is 25.2 Å². The van der Waals surface area contributed by atoms with Crippen LogP contribution in [-0.2, 0) is 13.6 Å². The number of aromatic nitrogens is 4. The summed E-state index contributed by atoms with van der Waals surface area (Å²) in [4.78, 5) is 16.6. The van der Waals surface area contributed by atoms with E-state index >= 15 is 0 Å². The van der Waals surface area contributed by atoms with E-state index in [-0.39, 0.29) is 5.56 Å². The van der Waals surface area contributed by atoms with Gasteiger partial charge >= 0.3 is 0 Å². The van der Waals surface area contributed by atoms with Crippen molar-refractivity contribution in [1.29, 1.82) is 0 Å². The quantitative estimate of drug-likeness (QED) is 0.782. The van der Waals surface area contributed by atoms with Gasteiger partial charge in [-0.1, -0.05) is 13.3 Å². The maximum absolute atomic E-state index is 12.1. The Hall–Kier alpha value is -1.65. The van der Waals surface area contributed by atoms with Crippen molar-refractivity contribution >= 4 is 11.0 Å². The minimum Gasteiger partial charge on any atom is -0.296 e. The number of nitrogens with zero attached hydrogens (tertiary/aromatic N) is 4. The summed E-state index contributed by atoms with van der Waals surface area (Å²) in [6.45, 7) is 4.71. The maximum atomic E-state index is 12.1. The van der Waals surface area contributed by atoms with Crippen LogP contribution in [0.2, 0.25) is 0 Å². The zero-order chi connectivity index (χ0) is 11.7. The van der Waals surface area contributed by atoms with E-state index in [1.54, 1.807) is 22.5 Å². The molecule has 0 bridgehead atoms. The first-order chi connectivity index (χ1) is 7.65. The van der Waals surface area contributed by atoms with Crippen molar-refractivity contribution in [2.45, 2.75) is 33.2 Å². The van der Waals surface area contributed by atoms with E-state index in [1.807, 2.05) is 6.92 Å². The lowest BCUT2D eigenvalue weighted by atomic mass is 10.3. The average molecular weight is 220 g/mol. The Balaban J connectivity index is 2.62. The molecule has 0 atom stereocenters. The summed E-state index contributed by atoms with van der Waals surface area (Å²) in [6, 6.07) is 0. The Morgan fingerprint density at radius 3 is 2.88 bits per heavy atom. The highest BCUT2D eigenvalue weighted by Crippen LogP contribution is 2.06. The fraction of sp³-hybridized carbons (Fsp3) is 0.545. The fourth-order valence-corrected chi connectivity index (χ4v) is 1.80. The molecule has 5 heteroatoms. The molecule has 0 radical (unpaired) electrons. The number of rotatable bonds is 3. The highest BCUT2D eigenvalue weighted by atomic mass is 16.1. The molecule has 2 heterocycles. The zero-order valence-corrected chi connectivity index (χ0v) is 9.90. The van der Waals surface area contributed by atoms with Crippen LogP contribution >= 0.6 is 0 Å². The lowest BCUT2D eigenvalue weighted by Crippen LogP contribution is -2.23. The molecule has 5 nitrogen and oxygen atoms in total. The Labute approximate surface area is 93.7 Å². The van der Waals surface area contributed by atoms with Crippen LogP contribution in [0.5, 0.6) is 0 Å². The van der Waals surface area contributed by atoms with Crippen molar-refractivity contribution in [2.24, 2.45) is 7.05 Å². The first kappa shape index (κ1) is 10.9. The van der Waals surface area contributed by atoms with Crippen LogP contribution in [0, 0.1) is 6.92 Å². The van der Waals surface area contributed by atoms with Gasteiger partial charge in [0.15, 0.2) is 5.65 Å². The Morgan fingerprint density at radius 1 is 1.44 bits per heavy atom. The first-order valence-corrected chi connectivity index (χ1v) is 5.54. The third-order valence-corrected chi connectivity index (χ3v) is 2.78. The molecule has 0 unspecified atom stereocenters. The minimum atomic E-state index is 0.0176. The lowest BCUT2D eigenvalue weighted by Gasteiger charge is -2.08. The summed E-state index contributed by atoms with van der Waals surface area (Å²) in [5.74, 6) is 0.759. The largest absolute Gasteiger partial charge is 0.296 e. The topological polar surface area (TPSA) is 52.7 Å². The van der Waals surface area contributed by atoms with E-state index in [1.165, 1.54) is 0 Å². The Morgan fingerprint density at radius 2 is 2.19 bits per heavy atom. The summed E-state index contributed by atoms with van der Waals surface area (Å²) < 4.78 is 3.36. The van der Waals surface area contributed by atoms with E-state index in [2.05, 4.69) is 17.0 Å². The van der Waals surface area contributed by atoms with Gasteiger partial charge in [0.1, 0.15) is 11.2 Å². The maximum Gasteiger partial charge on any atom is 0.264 e. The van der Waals surface area contributed by atoms with Gasteiger partial charge in [0, 0.05) is 13.6 Å². The first-order valence-electron chi connectivity index (χ1n) is 5.54.